The van der Waals surface area contributed by atoms with Crippen LogP contribution < -0.4 is 14.2 Å². The summed E-state index contributed by atoms with van der Waals surface area (Å²) in [5, 5.41) is 11.3. The summed E-state index contributed by atoms with van der Waals surface area (Å²) in [6.45, 7) is 0. The largest absolute Gasteiger partial charge is 0.496 e. The molecule has 0 amide bonds. The third kappa shape index (κ3) is 2.89. The van der Waals surface area contributed by atoms with Gasteiger partial charge in [-0.1, -0.05) is 12.1 Å². The quantitative estimate of drug-likeness (QED) is 0.584. The van der Waals surface area contributed by atoms with Crippen molar-refractivity contribution < 1.29 is 23.9 Å². The maximum absolute atomic E-state index is 12.8. The average Bonchev–Trinajstić information content (AvgIpc) is 2.71. The summed E-state index contributed by atoms with van der Waals surface area (Å²) in [6.07, 6.45) is 1.79. The molecule has 1 aliphatic carbocycles. The lowest BCUT2D eigenvalue weighted by Gasteiger charge is -2.33. The van der Waals surface area contributed by atoms with Gasteiger partial charge in [0.2, 0.25) is 0 Å². The number of benzene rings is 2. The molecule has 7 nitrogen and oxygen atoms in total. The Morgan fingerprint density at radius 2 is 1.96 bits per heavy atom. The van der Waals surface area contributed by atoms with Crippen molar-refractivity contribution in [3.63, 3.8) is 0 Å². The molecule has 2 aromatic rings. The Morgan fingerprint density at radius 3 is 2.68 bits per heavy atom. The van der Waals surface area contributed by atoms with Crippen molar-refractivity contribution in [3.8, 4) is 17.2 Å². The lowest BCUT2D eigenvalue weighted by Crippen LogP contribution is -2.26. The van der Waals surface area contributed by atoms with Crippen LogP contribution in [0.4, 0.5) is 5.69 Å². The molecular formula is C21H19NO6. The number of allylic oxidation sites excluding steroid dienone is 2. The van der Waals surface area contributed by atoms with Gasteiger partial charge in [0.25, 0.3) is 5.69 Å². The molecule has 144 valence electrons. The number of Topliss-reactive ketones (excluding diaryl/α,β-unsaturated/α-hetero) is 1. The van der Waals surface area contributed by atoms with Crippen LogP contribution in [-0.4, -0.2) is 24.9 Å². The molecule has 1 atom stereocenters. The molecule has 7 heteroatoms. The summed E-state index contributed by atoms with van der Waals surface area (Å²) >= 11 is 0. The van der Waals surface area contributed by atoms with Crippen molar-refractivity contribution in [1.82, 2.24) is 0 Å². The Labute approximate surface area is 161 Å². The third-order valence-corrected chi connectivity index (χ3v) is 5.17. The Kier molecular flexibility index (Phi) is 4.50. The van der Waals surface area contributed by atoms with Gasteiger partial charge >= 0.3 is 0 Å². The molecule has 0 saturated carbocycles. The number of ketones is 1. The molecule has 0 aromatic heterocycles. The smallest absolute Gasteiger partial charge is 0.269 e. The van der Waals surface area contributed by atoms with E-state index in [0.717, 1.165) is 6.42 Å². The predicted octanol–water partition coefficient (Wildman–Crippen LogP) is 4.14. The molecule has 1 unspecified atom stereocenters. The lowest BCUT2D eigenvalue weighted by atomic mass is 9.76. The maximum atomic E-state index is 12.8. The molecule has 1 heterocycles. The van der Waals surface area contributed by atoms with Gasteiger partial charge in [0.1, 0.15) is 23.0 Å². The van der Waals surface area contributed by atoms with E-state index in [1.54, 1.807) is 31.4 Å². The summed E-state index contributed by atoms with van der Waals surface area (Å²) in [7, 11) is 3.09. The summed E-state index contributed by atoms with van der Waals surface area (Å²) in [5.41, 5.74) is 1.87. The number of hydrogen-bond acceptors (Lipinski definition) is 6. The molecule has 2 aromatic carbocycles. The van der Waals surface area contributed by atoms with E-state index in [1.807, 2.05) is 0 Å². The van der Waals surface area contributed by atoms with Crippen molar-refractivity contribution >= 4 is 11.5 Å². The molecule has 0 spiro atoms. The molecule has 0 N–H and O–H groups in total. The van der Waals surface area contributed by atoms with Crippen LogP contribution in [0, 0.1) is 10.1 Å². The first-order valence-corrected chi connectivity index (χ1v) is 8.98. The molecule has 28 heavy (non-hydrogen) atoms. The fraction of sp³-hybridized carbons (Fsp3) is 0.286. The molecule has 0 radical (unpaired) electrons. The van der Waals surface area contributed by atoms with Crippen LogP contribution in [0.2, 0.25) is 0 Å². The van der Waals surface area contributed by atoms with Crippen molar-refractivity contribution in [2.24, 2.45) is 0 Å². The number of fused-ring (bicyclic) bond motifs is 1. The molecule has 0 saturated heterocycles. The highest BCUT2D eigenvalue weighted by molar-refractivity contribution is 5.99. The van der Waals surface area contributed by atoms with Crippen molar-refractivity contribution in [3.05, 3.63) is 69.0 Å². The number of nitro groups is 1. The highest BCUT2D eigenvalue weighted by Crippen LogP contribution is 2.51. The topological polar surface area (TPSA) is 87.9 Å². The molecule has 0 bridgehead atoms. The van der Waals surface area contributed by atoms with E-state index in [0.29, 0.717) is 52.5 Å². The number of carbonyl (C=O) groups is 1. The second-order valence-corrected chi connectivity index (χ2v) is 6.74. The van der Waals surface area contributed by atoms with E-state index in [1.165, 1.54) is 19.2 Å². The Hall–Kier alpha value is -3.35. The molecule has 2 aliphatic rings. The number of ether oxygens (including phenoxy) is 3. The van der Waals surface area contributed by atoms with E-state index in [-0.39, 0.29) is 11.5 Å². The van der Waals surface area contributed by atoms with E-state index in [2.05, 4.69) is 0 Å². The maximum Gasteiger partial charge on any atom is 0.269 e. The number of carbonyl (C=O) groups excluding carboxylic acids is 1. The highest BCUT2D eigenvalue weighted by atomic mass is 16.6. The van der Waals surface area contributed by atoms with Gasteiger partial charge in [-0.15, -0.1) is 0 Å². The van der Waals surface area contributed by atoms with E-state index >= 15 is 0 Å². The number of hydrogen-bond donors (Lipinski definition) is 0. The summed E-state index contributed by atoms with van der Waals surface area (Å²) < 4.78 is 17.0. The minimum absolute atomic E-state index is 0.00118. The highest BCUT2D eigenvalue weighted by Gasteiger charge is 2.39. The van der Waals surface area contributed by atoms with Crippen molar-refractivity contribution in [1.29, 1.82) is 0 Å². The number of nitro benzene ring substituents is 1. The number of non-ortho nitro benzene ring substituents is 1. The van der Waals surface area contributed by atoms with Gasteiger partial charge < -0.3 is 14.2 Å². The molecule has 0 fully saturated rings. The van der Waals surface area contributed by atoms with Gasteiger partial charge in [-0.25, -0.2) is 0 Å². The van der Waals surface area contributed by atoms with Crippen LogP contribution in [0.25, 0.3) is 0 Å². The minimum Gasteiger partial charge on any atom is -0.496 e. The standard InChI is InChI=1S/C21H19NO6/c1-26-14-10-17(27-2)21-18(11-14)28-16-8-4-7-15(23)20(16)19(21)12-5-3-6-13(9-12)22(24)25/h3,5-6,9-11,19H,4,7-8H2,1-2H3. The number of nitrogens with zero attached hydrogens (tertiary/aromatic N) is 1. The van der Waals surface area contributed by atoms with Gasteiger partial charge in [-0.05, 0) is 12.0 Å². The van der Waals surface area contributed by atoms with Crippen LogP contribution in [-0.2, 0) is 4.79 Å². The first-order valence-electron chi connectivity index (χ1n) is 8.98. The molecule has 4 rings (SSSR count). The van der Waals surface area contributed by atoms with Crippen LogP contribution in [0.5, 0.6) is 17.2 Å². The summed E-state index contributed by atoms with van der Waals surface area (Å²) in [6, 6.07) is 9.86. The fourth-order valence-corrected chi connectivity index (χ4v) is 3.92. The van der Waals surface area contributed by atoms with Gasteiger partial charge in [0, 0.05) is 54.2 Å². The first kappa shape index (κ1) is 18.0. The molecule has 1 aliphatic heterocycles. The van der Waals surface area contributed by atoms with Crippen molar-refractivity contribution in [2.75, 3.05) is 14.2 Å². The van der Waals surface area contributed by atoms with E-state index in [4.69, 9.17) is 14.2 Å². The van der Waals surface area contributed by atoms with E-state index in [9.17, 15) is 14.9 Å². The van der Waals surface area contributed by atoms with Gasteiger partial charge in [-0.3, -0.25) is 14.9 Å². The van der Waals surface area contributed by atoms with Crippen LogP contribution in [0.15, 0.2) is 47.7 Å². The second-order valence-electron chi connectivity index (χ2n) is 6.74. The zero-order valence-electron chi connectivity index (χ0n) is 15.6. The average molecular weight is 381 g/mol. The van der Waals surface area contributed by atoms with Gasteiger partial charge in [-0.2, -0.15) is 0 Å². The minimum atomic E-state index is -0.493. The Morgan fingerprint density at radius 1 is 1.14 bits per heavy atom. The van der Waals surface area contributed by atoms with Gasteiger partial charge in [0.15, 0.2) is 5.78 Å². The number of rotatable bonds is 4. The van der Waals surface area contributed by atoms with Crippen molar-refractivity contribution in [2.45, 2.75) is 25.2 Å². The van der Waals surface area contributed by atoms with Crippen LogP contribution in [0.3, 0.4) is 0 Å². The second kappa shape index (κ2) is 6.99. The van der Waals surface area contributed by atoms with E-state index < -0.39 is 10.8 Å². The third-order valence-electron chi connectivity index (χ3n) is 5.17. The zero-order valence-corrected chi connectivity index (χ0v) is 15.6. The molecular weight excluding hydrogens is 362 g/mol. The number of methoxy groups -OCH3 is 2. The summed E-state index contributed by atoms with van der Waals surface area (Å²) in [4.78, 5) is 23.7. The van der Waals surface area contributed by atoms with Gasteiger partial charge in [0.05, 0.1) is 19.1 Å². The van der Waals surface area contributed by atoms with Crippen LogP contribution in [0.1, 0.15) is 36.3 Å². The predicted molar refractivity (Wildman–Crippen MR) is 101 cm³/mol. The first-order chi connectivity index (χ1) is 13.5. The SMILES string of the molecule is COc1cc(OC)c2c(c1)OC1=C(C(=O)CCC1)C2c1cccc([N+](=O)[O-])c1. The lowest BCUT2D eigenvalue weighted by molar-refractivity contribution is -0.384. The zero-order chi connectivity index (χ0) is 19.8. The monoisotopic (exact) mass is 381 g/mol. The summed E-state index contributed by atoms with van der Waals surface area (Å²) in [5.74, 6) is 1.75. The normalized spacial score (nSPS) is 18.1. The van der Waals surface area contributed by atoms with Crippen LogP contribution >= 0.6 is 0 Å². The Balaban J connectivity index is 1.99. The fourth-order valence-electron chi connectivity index (χ4n) is 3.92. The Bertz CT molecular complexity index is 1010.